The van der Waals surface area contributed by atoms with Crippen molar-refractivity contribution in [2.45, 2.75) is 13.3 Å². The molecule has 0 fully saturated rings. The molecule has 59 valence electrons. The van der Waals surface area contributed by atoms with Crippen molar-refractivity contribution in [3.8, 4) is 0 Å². The summed E-state index contributed by atoms with van der Waals surface area (Å²) in [5, 5.41) is 2.64. The summed E-state index contributed by atoms with van der Waals surface area (Å²) in [6.45, 7) is 6.81. The molecule has 0 aromatic carbocycles. The normalized spacial score (nSPS) is 9.40. The topological polar surface area (TPSA) is 38.3 Å². The number of carbonyl (C=O) groups excluding carboxylic acids is 1. The van der Waals surface area contributed by atoms with Crippen LogP contribution < -0.4 is 5.32 Å². The molecule has 0 spiro atoms. The monoisotopic (exact) mass is 144 g/mol. The molecule has 0 aliphatic rings. The van der Waals surface area contributed by atoms with Crippen LogP contribution in [0, 0.1) is 6.92 Å². The van der Waals surface area contributed by atoms with Crippen LogP contribution in [0.5, 0.6) is 0 Å². The first kappa shape index (κ1) is 9.43. The van der Waals surface area contributed by atoms with Crippen LogP contribution in [0.25, 0.3) is 0 Å². The van der Waals surface area contributed by atoms with E-state index in [9.17, 15) is 4.79 Å². The molecule has 3 nitrogen and oxygen atoms in total. The molecule has 0 bridgehead atoms. The number of carbonyl (C=O) groups is 1. The number of amides is 1. The van der Waals surface area contributed by atoms with Crippen LogP contribution >= 0.6 is 0 Å². The fourth-order valence-electron chi connectivity index (χ4n) is 0.474. The highest BCUT2D eigenvalue weighted by Crippen LogP contribution is 1.74. The first-order valence-corrected chi connectivity index (χ1v) is 3.45. The fourth-order valence-corrected chi connectivity index (χ4v) is 0.474. The van der Waals surface area contributed by atoms with E-state index in [1.54, 1.807) is 0 Å². The Morgan fingerprint density at radius 2 is 2.40 bits per heavy atom. The second-order valence-corrected chi connectivity index (χ2v) is 1.84. The van der Waals surface area contributed by atoms with E-state index < -0.39 is 0 Å². The van der Waals surface area contributed by atoms with Crippen LogP contribution in [0.2, 0.25) is 0 Å². The van der Waals surface area contributed by atoms with E-state index >= 15 is 0 Å². The molecular weight excluding hydrogens is 130 g/mol. The van der Waals surface area contributed by atoms with Crippen molar-refractivity contribution < 1.29 is 9.53 Å². The van der Waals surface area contributed by atoms with E-state index in [1.165, 1.54) is 0 Å². The quantitative estimate of drug-likeness (QED) is 0.605. The standard InChI is InChI=1S/C7H14NO2/c1-3-5-8-7(9)6-10-4-2/h1,3-6H2,2H3,(H,8,9). The van der Waals surface area contributed by atoms with Crippen LogP contribution in [0.4, 0.5) is 0 Å². The Labute approximate surface area is 61.8 Å². The van der Waals surface area contributed by atoms with Gasteiger partial charge in [-0.15, -0.1) is 0 Å². The molecule has 0 heterocycles. The summed E-state index contributed by atoms with van der Waals surface area (Å²) in [6.07, 6.45) is 0.720. The molecule has 0 aliphatic carbocycles. The fraction of sp³-hybridized carbons (Fsp3) is 0.714. The van der Waals surface area contributed by atoms with Crippen molar-refractivity contribution in [1.29, 1.82) is 0 Å². The summed E-state index contributed by atoms with van der Waals surface area (Å²) in [5.74, 6) is -0.0644. The van der Waals surface area contributed by atoms with E-state index in [1.807, 2.05) is 6.92 Å². The Balaban J connectivity index is 3.09. The van der Waals surface area contributed by atoms with Crippen molar-refractivity contribution in [3.05, 3.63) is 6.92 Å². The van der Waals surface area contributed by atoms with Crippen LogP contribution in [-0.2, 0) is 9.53 Å². The molecule has 0 aromatic rings. The maximum absolute atomic E-state index is 10.7. The maximum Gasteiger partial charge on any atom is 0.245 e. The average Bonchev–Trinajstić information content (AvgIpc) is 1.97. The van der Waals surface area contributed by atoms with Gasteiger partial charge in [0.15, 0.2) is 0 Å². The van der Waals surface area contributed by atoms with E-state index in [4.69, 9.17) is 4.74 Å². The molecule has 0 saturated heterocycles. The summed E-state index contributed by atoms with van der Waals surface area (Å²) >= 11 is 0. The Hall–Kier alpha value is -0.570. The third kappa shape index (κ3) is 5.56. The molecule has 0 aliphatic heterocycles. The molecular formula is C7H14NO2. The number of nitrogens with one attached hydrogen (secondary N) is 1. The van der Waals surface area contributed by atoms with Crippen LogP contribution in [0.1, 0.15) is 13.3 Å². The summed E-state index contributed by atoms with van der Waals surface area (Å²) in [6, 6.07) is 0. The van der Waals surface area contributed by atoms with Gasteiger partial charge in [-0.25, -0.2) is 0 Å². The van der Waals surface area contributed by atoms with Gasteiger partial charge in [0, 0.05) is 13.2 Å². The van der Waals surface area contributed by atoms with Gasteiger partial charge in [-0.1, -0.05) is 6.92 Å². The average molecular weight is 144 g/mol. The highest BCUT2D eigenvalue weighted by molar-refractivity contribution is 5.77. The minimum atomic E-state index is -0.0644. The highest BCUT2D eigenvalue weighted by atomic mass is 16.5. The van der Waals surface area contributed by atoms with Gasteiger partial charge in [0.2, 0.25) is 5.91 Å². The molecule has 10 heavy (non-hydrogen) atoms. The summed E-state index contributed by atoms with van der Waals surface area (Å²) in [5.41, 5.74) is 0. The van der Waals surface area contributed by atoms with Crippen LogP contribution in [-0.4, -0.2) is 25.7 Å². The summed E-state index contributed by atoms with van der Waals surface area (Å²) in [4.78, 5) is 10.7. The zero-order chi connectivity index (χ0) is 7.82. The third-order valence-corrected chi connectivity index (χ3v) is 0.936. The molecule has 1 amide bonds. The summed E-state index contributed by atoms with van der Waals surface area (Å²) in [7, 11) is 0. The molecule has 1 N–H and O–H groups in total. The molecule has 0 saturated carbocycles. The van der Waals surface area contributed by atoms with E-state index in [0.29, 0.717) is 13.2 Å². The van der Waals surface area contributed by atoms with Gasteiger partial charge in [0.25, 0.3) is 0 Å². The number of rotatable bonds is 5. The van der Waals surface area contributed by atoms with Gasteiger partial charge in [0.05, 0.1) is 0 Å². The van der Waals surface area contributed by atoms with Crippen molar-refractivity contribution in [3.63, 3.8) is 0 Å². The number of ether oxygens (including phenoxy) is 1. The molecule has 0 rings (SSSR count). The second-order valence-electron chi connectivity index (χ2n) is 1.84. The first-order valence-electron chi connectivity index (χ1n) is 3.45. The van der Waals surface area contributed by atoms with Crippen molar-refractivity contribution in [2.24, 2.45) is 0 Å². The second kappa shape index (κ2) is 6.55. The van der Waals surface area contributed by atoms with Gasteiger partial charge >= 0.3 is 0 Å². The lowest BCUT2D eigenvalue weighted by Crippen LogP contribution is -2.28. The smallest absolute Gasteiger partial charge is 0.245 e. The molecule has 3 heteroatoms. The Morgan fingerprint density at radius 3 is 2.90 bits per heavy atom. The van der Waals surface area contributed by atoms with Gasteiger partial charge in [-0.2, -0.15) is 0 Å². The minimum absolute atomic E-state index is 0.0644. The summed E-state index contributed by atoms with van der Waals surface area (Å²) < 4.78 is 4.86. The van der Waals surface area contributed by atoms with E-state index in [0.717, 1.165) is 6.42 Å². The zero-order valence-corrected chi connectivity index (χ0v) is 6.35. The number of hydrogen-bond donors (Lipinski definition) is 1. The molecule has 0 aromatic heterocycles. The van der Waals surface area contributed by atoms with Crippen molar-refractivity contribution in [1.82, 2.24) is 5.32 Å². The Kier molecular flexibility index (Phi) is 6.18. The highest BCUT2D eigenvalue weighted by Gasteiger charge is 1.96. The van der Waals surface area contributed by atoms with E-state index in [-0.39, 0.29) is 12.5 Å². The lowest BCUT2D eigenvalue weighted by Gasteiger charge is -2.01. The third-order valence-electron chi connectivity index (χ3n) is 0.936. The largest absolute Gasteiger partial charge is 0.372 e. The van der Waals surface area contributed by atoms with Crippen LogP contribution in [0.15, 0.2) is 0 Å². The lowest BCUT2D eigenvalue weighted by molar-refractivity contribution is -0.125. The zero-order valence-electron chi connectivity index (χ0n) is 6.35. The molecule has 1 radical (unpaired) electrons. The lowest BCUT2D eigenvalue weighted by atomic mass is 10.5. The van der Waals surface area contributed by atoms with E-state index in [2.05, 4.69) is 12.2 Å². The predicted octanol–water partition coefficient (Wildman–Crippen LogP) is 0.363. The minimum Gasteiger partial charge on any atom is -0.372 e. The Bertz CT molecular complexity index is 83.6. The van der Waals surface area contributed by atoms with Crippen molar-refractivity contribution in [2.75, 3.05) is 19.8 Å². The van der Waals surface area contributed by atoms with Crippen LogP contribution in [0.3, 0.4) is 0 Å². The predicted molar refractivity (Wildman–Crippen MR) is 39.5 cm³/mol. The number of hydrogen-bond acceptors (Lipinski definition) is 2. The molecule has 0 atom stereocenters. The van der Waals surface area contributed by atoms with Gasteiger partial charge < -0.3 is 10.1 Å². The molecule has 0 unspecified atom stereocenters. The van der Waals surface area contributed by atoms with Gasteiger partial charge in [-0.05, 0) is 13.3 Å². The maximum atomic E-state index is 10.7. The van der Waals surface area contributed by atoms with Gasteiger partial charge in [0.1, 0.15) is 6.61 Å². The SMILES string of the molecule is [CH2]CCNC(=O)COCC. The Morgan fingerprint density at radius 1 is 1.70 bits per heavy atom. The van der Waals surface area contributed by atoms with Gasteiger partial charge in [-0.3, -0.25) is 4.79 Å². The first-order chi connectivity index (χ1) is 4.81. The van der Waals surface area contributed by atoms with Crippen molar-refractivity contribution >= 4 is 5.91 Å².